The Kier molecular flexibility index (Phi) is 8.46. The number of para-hydroxylation sites is 3. The van der Waals surface area contributed by atoms with Crippen LogP contribution in [0.2, 0.25) is 0 Å². The van der Waals surface area contributed by atoms with Crippen LogP contribution in [-0.2, 0) is 5.41 Å². The largest absolute Gasteiger partial charge is 0.360 e. The summed E-state index contributed by atoms with van der Waals surface area (Å²) in [6.45, 7) is 0. The quantitative estimate of drug-likeness (QED) is 0.182. The van der Waals surface area contributed by atoms with Crippen LogP contribution in [0.1, 0.15) is 45.1 Å². The van der Waals surface area contributed by atoms with Gasteiger partial charge in [-0.3, -0.25) is 4.99 Å². The van der Waals surface area contributed by atoms with Crippen LogP contribution >= 0.6 is 0 Å². The molecule has 2 aliphatic heterocycles. The summed E-state index contributed by atoms with van der Waals surface area (Å²) in [5, 5.41) is 3.82. The van der Waals surface area contributed by atoms with Crippen LogP contribution in [0.3, 0.4) is 0 Å². The normalized spacial score (nSPS) is 15.4. The van der Waals surface area contributed by atoms with Gasteiger partial charge in [-0.15, -0.1) is 0 Å². The van der Waals surface area contributed by atoms with Gasteiger partial charge in [0.25, 0.3) is 0 Å². The summed E-state index contributed by atoms with van der Waals surface area (Å²) in [6, 6.07) is 83.7. The van der Waals surface area contributed by atoms with Crippen LogP contribution in [0.15, 0.2) is 242 Å². The first kappa shape index (κ1) is 35.9. The fraction of sp³-hybridized carbons (Fsp3) is 0.0339. The lowest BCUT2D eigenvalue weighted by atomic mass is 9.64. The molecule has 62 heavy (non-hydrogen) atoms. The van der Waals surface area contributed by atoms with E-state index in [-0.39, 0.29) is 6.17 Å². The lowest BCUT2D eigenvalue weighted by Crippen LogP contribution is -2.36. The first-order valence-corrected chi connectivity index (χ1v) is 21.4. The highest BCUT2D eigenvalue weighted by Crippen LogP contribution is 2.63. The van der Waals surface area contributed by atoms with E-state index in [0.29, 0.717) is 0 Å². The fourth-order valence-corrected chi connectivity index (χ4v) is 10.2. The molecule has 1 aliphatic carbocycles. The van der Waals surface area contributed by atoms with Crippen LogP contribution < -0.4 is 10.2 Å². The second-order valence-electron chi connectivity index (χ2n) is 16.3. The van der Waals surface area contributed by atoms with E-state index in [1.54, 1.807) is 0 Å². The number of aliphatic imine (C=N–C) groups is 1. The van der Waals surface area contributed by atoms with Crippen molar-refractivity contribution >= 4 is 28.5 Å². The zero-order chi connectivity index (χ0) is 41.0. The summed E-state index contributed by atoms with van der Waals surface area (Å²) in [4.78, 5) is 7.86. The molecule has 12 rings (SSSR count). The van der Waals surface area contributed by atoms with E-state index >= 15 is 0 Å². The Morgan fingerprint density at radius 1 is 0.387 bits per heavy atom. The van der Waals surface area contributed by atoms with Gasteiger partial charge in [-0.2, -0.15) is 0 Å². The number of rotatable bonds is 6. The van der Waals surface area contributed by atoms with Crippen molar-refractivity contribution in [3.05, 3.63) is 276 Å². The van der Waals surface area contributed by atoms with Gasteiger partial charge >= 0.3 is 0 Å². The van der Waals surface area contributed by atoms with Crippen molar-refractivity contribution < 1.29 is 0 Å². The van der Waals surface area contributed by atoms with E-state index < -0.39 is 5.41 Å². The third kappa shape index (κ3) is 5.70. The third-order valence-electron chi connectivity index (χ3n) is 12.9. The molecule has 2 heterocycles. The molecule has 0 fully saturated rings. The summed E-state index contributed by atoms with van der Waals surface area (Å²) in [5.74, 6) is 0. The van der Waals surface area contributed by atoms with Crippen LogP contribution in [0.4, 0.5) is 17.1 Å². The van der Waals surface area contributed by atoms with Gasteiger partial charge in [-0.05, 0) is 115 Å². The number of hydrogen-bond acceptors (Lipinski definition) is 3. The molecule has 0 saturated carbocycles. The molecule has 0 aromatic heterocycles. The lowest BCUT2D eigenvalue weighted by molar-refractivity contribution is 0.664. The van der Waals surface area contributed by atoms with Crippen molar-refractivity contribution in [1.29, 1.82) is 0 Å². The molecule has 9 aromatic carbocycles. The van der Waals surface area contributed by atoms with E-state index in [0.717, 1.165) is 39.3 Å². The Morgan fingerprint density at radius 3 is 1.65 bits per heavy atom. The van der Waals surface area contributed by atoms with Crippen molar-refractivity contribution in [2.45, 2.75) is 11.6 Å². The number of allylic oxidation sites excluding steroid dienone is 1. The number of benzene rings is 9. The van der Waals surface area contributed by atoms with Crippen molar-refractivity contribution in [3.63, 3.8) is 0 Å². The maximum atomic E-state index is 5.43. The van der Waals surface area contributed by atoms with Gasteiger partial charge in [0.15, 0.2) is 0 Å². The molecule has 0 amide bonds. The molecule has 1 N–H and O–H groups in total. The van der Waals surface area contributed by atoms with Crippen LogP contribution in [0.25, 0.3) is 39.1 Å². The van der Waals surface area contributed by atoms with E-state index in [1.807, 2.05) is 0 Å². The van der Waals surface area contributed by atoms with E-state index in [2.05, 4.69) is 247 Å². The summed E-state index contributed by atoms with van der Waals surface area (Å²) >= 11 is 0. The Labute approximate surface area is 362 Å². The fourth-order valence-electron chi connectivity index (χ4n) is 10.2. The van der Waals surface area contributed by atoms with E-state index in [4.69, 9.17) is 4.99 Å². The molecule has 3 nitrogen and oxygen atoms in total. The van der Waals surface area contributed by atoms with Crippen LogP contribution in [-0.4, -0.2) is 5.71 Å². The van der Waals surface area contributed by atoms with Crippen LogP contribution in [0.5, 0.6) is 0 Å². The molecular formula is C59H41N3. The number of nitrogens with one attached hydrogen (secondary N) is 1. The topological polar surface area (TPSA) is 27.6 Å². The molecule has 9 aromatic rings. The Balaban J connectivity index is 0.997. The molecule has 0 saturated heterocycles. The number of anilines is 3. The molecule has 1 unspecified atom stereocenters. The molecule has 0 radical (unpaired) electrons. The minimum atomic E-state index is -0.522. The smallest absolute Gasteiger partial charge is 0.145 e. The van der Waals surface area contributed by atoms with Gasteiger partial charge in [0.2, 0.25) is 0 Å². The second-order valence-corrected chi connectivity index (χ2v) is 16.3. The highest BCUT2D eigenvalue weighted by atomic mass is 15.2. The molecular weight excluding hydrogens is 751 g/mol. The average Bonchev–Trinajstić information content (AvgIpc) is 3.65. The SMILES string of the molecule is C1=C(c2ccccc2)NC(c2cccc(-c3ccc4c(c3)C3(c5ccccc5-4)c4ccccc4N(c4ccccc4)c4ccccc43)c2)N=C1c1cccc(-c2ccccc2)c1. The van der Waals surface area contributed by atoms with E-state index in [9.17, 15) is 0 Å². The monoisotopic (exact) mass is 791 g/mol. The molecule has 1 spiro atoms. The van der Waals surface area contributed by atoms with Crippen molar-refractivity contribution in [3.8, 4) is 33.4 Å². The minimum Gasteiger partial charge on any atom is -0.360 e. The van der Waals surface area contributed by atoms with Gasteiger partial charge in [0.05, 0.1) is 22.5 Å². The van der Waals surface area contributed by atoms with Gasteiger partial charge in [-0.25, -0.2) is 0 Å². The number of nitrogens with zero attached hydrogens (tertiary/aromatic N) is 2. The summed E-state index contributed by atoms with van der Waals surface area (Å²) in [6.07, 6.45) is 1.90. The maximum absolute atomic E-state index is 5.43. The van der Waals surface area contributed by atoms with Gasteiger partial charge in [-0.1, -0.05) is 188 Å². The predicted molar refractivity (Wildman–Crippen MR) is 256 cm³/mol. The highest BCUT2D eigenvalue weighted by molar-refractivity contribution is 6.13. The second kappa shape index (κ2) is 14.6. The van der Waals surface area contributed by atoms with Crippen molar-refractivity contribution in [2.24, 2.45) is 4.99 Å². The Bertz CT molecular complexity index is 3170. The third-order valence-corrected chi connectivity index (χ3v) is 12.9. The molecule has 292 valence electrons. The average molecular weight is 792 g/mol. The van der Waals surface area contributed by atoms with Gasteiger partial charge in [0, 0.05) is 16.9 Å². The standard InChI is InChI=1S/C59H41N3/c1-4-18-40(19-5-1)42-22-16-24-45(36-42)55-39-54(41-20-6-2-7-21-41)60-58(61-55)46-25-17-23-43(37-46)44-34-35-49-48-28-10-11-29-50(48)59(53(49)38-44)51-30-12-14-32-56(51)62(47-26-8-3-9-27-47)57-33-15-13-31-52(57)59/h1-39,58,60H. The van der Waals surface area contributed by atoms with Crippen molar-refractivity contribution in [1.82, 2.24) is 5.32 Å². The molecule has 3 heteroatoms. The molecule has 1 atom stereocenters. The van der Waals surface area contributed by atoms with Gasteiger partial charge in [0.1, 0.15) is 6.17 Å². The highest BCUT2D eigenvalue weighted by Gasteiger charge is 2.51. The van der Waals surface area contributed by atoms with Crippen LogP contribution in [0, 0.1) is 0 Å². The zero-order valence-electron chi connectivity index (χ0n) is 34.0. The maximum Gasteiger partial charge on any atom is 0.145 e. The van der Waals surface area contributed by atoms with Gasteiger partial charge < -0.3 is 10.2 Å². The minimum absolute atomic E-state index is 0.295. The summed E-state index contributed by atoms with van der Waals surface area (Å²) < 4.78 is 0. The molecule has 0 bridgehead atoms. The lowest BCUT2D eigenvalue weighted by Gasteiger charge is -2.45. The summed E-state index contributed by atoms with van der Waals surface area (Å²) in [5.41, 5.74) is 20.8. The Hall–Kier alpha value is -8.01. The number of fused-ring (bicyclic) bond motifs is 9. The first-order chi connectivity index (χ1) is 30.7. The van der Waals surface area contributed by atoms with E-state index in [1.165, 1.54) is 61.4 Å². The predicted octanol–water partition coefficient (Wildman–Crippen LogP) is 14.3. The number of hydrogen-bond donors (Lipinski definition) is 1. The van der Waals surface area contributed by atoms with Crippen molar-refractivity contribution in [2.75, 3.05) is 4.90 Å². The summed E-state index contributed by atoms with van der Waals surface area (Å²) in [7, 11) is 0. The Morgan fingerprint density at radius 2 is 0.919 bits per heavy atom. The first-order valence-electron chi connectivity index (χ1n) is 21.4. The zero-order valence-corrected chi connectivity index (χ0v) is 34.0. The molecule has 3 aliphatic rings.